The molecule has 0 aliphatic carbocycles. The Bertz CT molecular complexity index is 2330. The van der Waals surface area contributed by atoms with Gasteiger partial charge in [-0.1, -0.05) is 36.4 Å². The van der Waals surface area contributed by atoms with Gasteiger partial charge in [-0.25, -0.2) is 31.1 Å². The standard InChI is InChI=1S/C35H30N4O9S2/c40-31-11-1-21(13-33(31)42)19-36-49(45,46)29-9-5-23-3-7-27(15-25(23)17-29)38-35(44)39-28-8-4-24-6-10-30(18-26(24)16-28)50(47,48)37-20-22-2-12-32(41)34(43)14-22/h1-18,36-37,40-43H,19-20H2,(H2,38,39,44). The third-order valence-electron chi connectivity index (χ3n) is 7.77. The molecule has 0 fully saturated rings. The van der Waals surface area contributed by atoms with Crippen molar-refractivity contribution >= 4 is 59.0 Å². The highest BCUT2D eigenvalue weighted by molar-refractivity contribution is 7.89. The summed E-state index contributed by atoms with van der Waals surface area (Å²) in [6.45, 7) is -0.238. The highest BCUT2D eigenvalue weighted by atomic mass is 32.2. The molecule has 0 aliphatic rings. The number of benzene rings is 6. The summed E-state index contributed by atoms with van der Waals surface area (Å²) in [4.78, 5) is 12.9. The van der Waals surface area contributed by atoms with Crippen LogP contribution in [0.2, 0.25) is 0 Å². The van der Waals surface area contributed by atoms with Crippen LogP contribution < -0.4 is 20.1 Å². The van der Waals surface area contributed by atoms with Gasteiger partial charge in [0.05, 0.1) is 9.79 Å². The fraction of sp³-hybridized carbons (Fsp3) is 0.0571. The van der Waals surface area contributed by atoms with Gasteiger partial charge in [-0.15, -0.1) is 0 Å². The molecule has 0 atom stereocenters. The van der Waals surface area contributed by atoms with Crippen molar-refractivity contribution < 1.29 is 42.1 Å². The topological polar surface area (TPSA) is 214 Å². The number of carbonyl (C=O) groups is 1. The van der Waals surface area contributed by atoms with Crippen LogP contribution >= 0.6 is 0 Å². The lowest BCUT2D eigenvalue weighted by Gasteiger charge is -2.12. The maximum absolute atomic E-state index is 13.0. The Kier molecular flexibility index (Phi) is 9.22. The monoisotopic (exact) mass is 714 g/mol. The zero-order valence-corrected chi connectivity index (χ0v) is 27.6. The first-order chi connectivity index (χ1) is 23.8. The van der Waals surface area contributed by atoms with Crippen molar-refractivity contribution in [1.29, 1.82) is 0 Å². The van der Waals surface area contributed by atoms with E-state index in [0.717, 1.165) is 10.8 Å². The number of hydrogen-bond donors (Lipinski definition) is 8. The second-order valence-electron chi connectivity index (χ2n) is 11.3. The molecule has 0 unspecified atom stereocenters. The Labute approximate surface area is 286 Å². The van der Waals surface area contributed by atoms with Gasteiger partial charge in [0.25, 0.3) is 0 Å². The number of phenols is 4. The quantitative estimate of drug-likeness (QED) is 0.0850. The number of amides is 2. The number of phenolic OH excluding ortho intramolecular Hbond substituents is 4. The molecule has 0 aliphatic heterocycles. The molecule has 50 heavy (non-hydrogen) atoms. The lowest BCUT2D eigenvalue weighted by molar-refractivity contribution is 0.262. The molecule has 0 saturated heterocycles. The molecular weight excluding hydrogens is 685 g/mol. The van der Waals surface area contributed by atoms with E-state index in [2.05, 4.69) is 20.1 Å². The zero-order valence-electron chi connectivity index (χ0n) is 26.0. The molecule has 256 valence electrons. The maximum atomic E-state index is 13.0. The van der Waals surface area contributed by atoms with Crippen molar-refractivity contribution in [2.24, 2.45) is 0 Å². The summed E-state index contributed by atoms with van der Waals surface area (Å²) in [7, 11) is -7.90. The van der Waals surface area contributed by atoms with E-state index in [1.54, 1.807) is 48.5 Å². The molecule has 0 aromatic heterocycles. The lowest BCUT2D eigenvalue weighted by Crippen LogP contribution is -2.23. The van der Waals surface area contributed by atoms with Gasteiger partial charge in [0.15, 0.2) is 23.0 Å². The average Bonchev–Trinajstić information content (AvgIpc) is 3.08. The number of sulfonamides is 2. The number of carbonyl (C=O) groups excluding carboxylic acids is 1. The van der Waals surface area contributed by atoms with Crippen molar-refractivity contribution in [1.82, 2.24) is 9.44 Å². The van der Waals surface area contributed by atoms with E-state index in [0.29, 0.717) is 33.3 Å². The molecule has 0 bridgehead atoms. The van der Waals surface area contributed by atoms with Crippen molar-refractivity contribution in [3.8, 4) is 23.0 Å². The van der Waals surface area contributed by atoms with E-state index in [4.69, 9.17) is 0 Å². The van der Waals surface area contributed by atoms with Crippen LogP contribution in [0.25, 0.3) is 21.5 Å². The van der Waals surface area contributed by atoms with Crippen LogP contribution in [0.15, 0.2) is 119 Å². The first-order valence-electron chi connectivity index (χ1n) is 14.9. The molecule has 0 saturated carbocycles. The summed E-state index contributed by atoms with van der Waals surface area (Å²) in [6.07, 6.45) is 0. The van der Waals surface area contributed by atoms with Crippen molar-refractivity contribution in [2.75, 3.05) is 10.6 Å². The Morgan fingerprint density at radius 2 is 0.860 bits per heavy atom. The van der Waals surface area contributed by atoms with Crippen LogP contribution in [0, 0.1) is 0 Å². The number of fused-ring (bicyclic) bond motifs is 2. The number of rotatable bonds is 10. The Balaban J connectivity index is 1.13. The highest BCUT2D eigenvalue weighted by Gasteiger charge is 2.17. The Morgan fingerprint density at radius 3 is 1.26 bits per heavy atom. The van der Waals surface area contributed by atoms with Gasteiger partial charge in [0, 0.05) is 24.5 Å². The highest BCUT2D eigenvalue weighted by Crippen LogP contribution is 2.28. The maximum Gasteiger partial charge on any atom is 0.323 e. The molecule has 6 aromatic carbocycles. The minimum Gasteiger partial charge on any atom is -0.504 e. The average molecular weight is 715 g/mol. The number of hydrogen-bond acceptors (Lipinski definition) is 9. The molecule has 13 nitrogen and oxygen atoms in total. The Hall–Kier alpha value is -5.87. The number of anilines is 2. The van der Waals surface area contributed by atoms with Gasteiger partial charge in [0.1, 0.15) is 0 Å². The first-order valence-corrected chi connectivity index (χ1v) is 17.9. The summed E-state index contributed by atoms with van der Waals surface area (Å²) in [5.74, 6) is -1.36. The van der Waals surface area contributed by atoms with Gasteiger partial charge >= 0.3 is 6.03 Å². The molecule has 2 amide bonds. The molecule has 0 radical (unpaired) electrons. The SMILES string of the molecule is O=C(Nc1ccc2ccc(S(=O)(=O)NCc3ccc(O)c(O)c3)cc2c1)Nc1ccc2ccc(S(=O)(=O)NCc3ccc(O)c(O)c3)cc2c1. The lowest BCUT2D eigenvalue weighted by atomic mass is 10.1. The summed E-state index contributed by atoms with van der Waals surface area (Å²) >= 11 is 0. The van der Waals surface area contributed by atoms with Gasteiger partial charge in [-0.3, -0.25) is 0 Å². The molecular formula is C35H30N4O9S2. The van der Waals surface area contributed by atoms with E-state index >= 15 is 0 Å². The zero-order chi connectivity index (χ0) is 35.6. The van der Waals surface area contributed by atoms with Crippen molar-refractivity contribution in [2.45, 2.75) is 22.9 Å². The normalized spacial score (nSPS) is 11.8. The van der Waals surface area contributed by atoms with Crippen LogP contribution in [0.5, 0.6) is 23.0 Å². The minimum absolute atomic E-state index is 0.0120. The summed E-state index contributed by atoms with van der Waals surface area (Å²) < 4.78 is 56.9. The summed E-state index contributed by atoms with van der Waals surface area (Å²) in [5, 5.41) is 46.3. The van der Waals surface area contributed by atoms with Crippen LogP contribution in [0.3, 0.4) is 0 Å². The van der Waals surface area contributed by atoms with Crippen LogP contribution in [0.1, 0.15) is 11.1 Å². The largest absolute Gasteiger partial charge is 0.504 e. The van der Waals surface area contributed by atoms with Crippen LogP contribution in [-0.4, -0.2) is 43.3 Å². The third-order valence-corrected chi connectivity index (χ3v) is 10.6. The second-order valence-corrected chi connectivity index (χ2v) is 14.9. The van der Waals surface area contributed by atoms with E-state index in [1.165, 1.54) is 60.7 Å². The van der Waals surface area contributed by atoms with Crippen molar-refractivity contribution in [3.05, 3.63) is 120 Å². The minimum atomic E-state index is -3.95. The van der Waals surface area contributed by atoms with E-state index in [-0.39, 0.29) is 45.9 Å². The number of urea groups is 1. The fourth-order valence-electron chi connectivity index (χ4n) is 5.11. The predicted octanol–water partition coefficient (Wildman–Crippen LogP) is 5.42. The molecule has 6 rings (SSSR count). The van der Waals surface area contributed by atoms with Crippen LogP contribution in [0.4, 0.5) is 16.2 Å². The van der Waals surface area contributed by atoms with E-state index in [9.17, 15) is 42.1 Å². The summed E-state index contributed by atoms with van der Waals surface area (Å²) in [5.41, 5.74) is 1.67. The van der Waals surface area contributed by atoms with E-state index < -0.39 is 26.1 Å². The molecule has 6 aromatic rings. The van der Waals surface area contributed by atoms with Crippen molar-refractivity contribution in [3.63, 3.8) is 0 Å². The van der Waals surface area contributed by atoms with Gasteiger partial charge in [-0.2, -0.15) is 0 Å². The fourth-order valence-corrected chi connectivity index (χ4v) is 7.22. The van der Waals surface area contributed by atoms with Gasteiger partial charge in [0.2, 0.25) is 20.0 Å². The third kappa shape index (κ3) is 7.71. The Morgan fingerprint density at radius 1 is 0.460 bits per heavy atom. The smallest absolute Gasteiger partial charge is 0.323 e. The molecule has 15 heteroatoms. The summed E-state index contributed by atoms with van der Waals surface area (Å²) in [6, 6.07) is 26.5. The van der Waals surface area contributed by atoms with Crippen LogP contribution in [-0.2, 0) is 33.1 Å². The second kappa shape index (κ2) is 13.6. The van der Waals surface area contributed by atoms with Gasteiger partial charge in [-0.05, 0) is 105 Å². The number of nitrogens with one attached hydrogen (secondary N) is 4. The number of aromatic hydroxyl groups is 4. The van der Waals surface area contributed by atoms with Gasteiger partial charge < -0.3 is 31.1 Å². The molecule has 0 heterocycles. The molecule has 8 N–H and O–H groups in total. The first kappa shape index (κ1) is 34.0. The predicted molar refractivity (Wildman–Crippen MR) is 188 cm³/mol. The van der Waals surface area contributed by atoms with E-state index in [1.807, 2.05) is 0 Å². The molecule has 0 spiro atoms.